The van der Waals surface area contributed by atoms with Gasteiger partial charge in [0.15, 0.2) is 0 Å². The molecule has 0 radical (unpaired) electrons. The molecule has 4 N–H and O–H groups in total. The average molecular weight is 275 g/mol. The van der Waals surface area contributed by atoms with E-state index in [0.717, 1.165) is 31.0 Å². The van der Waals surface area contributed by atoms with Gasteiger partial charge in [0.1, 0.15) is 0 Å². The predicted octanol–water partition coefficient (Wildman–Crippen LogP) is 1.73. The number of primary amides is 1. The van der Waals surface area contributed by atoms with Crippen LogP contribution in [-0.2, 0) is 6.54 Å². The highest BCUT2D eigenvalue weighted by atomic mass is 16.1. The van der Waals surface area contributed by atoms with Crippen LogP contribution in [0.3, 0.4) is 0 Å². The lowest BCUT2D eigenvalue weighted by molar-refractivity contribution is 0.0981. The summed E-state index contributed by atoms with van der Waals surface area (Å²) in [7, 11) is 0. The lowest BCUT2D eigenvalue weighted by Gasteiger charge is -2.39. The van der Waals surface area contributed by atoms with Gasteiger partial charge < -0.3 is 11.5 Å². The van der Waals surface area contributed by atoms with Crippen molar-refractivity contribution in [2.24, 2.45) is 17.4 Å². The number of carbonyl (C=O) groups excluding carboxylic acids is 1. The van der Waals surface area contributed by atoms with Crippen molar-refractivity contribution in [1.29, 1.82) is 0 Å². The first-order chi connectivity index (χ1) is 9.65. The summed E-state index contributed by atoms with van der Waals surface area (Å²) >= 11 is 0. The molecule has 1 fully saturated rings. The first-order valence-electron chi connectivity index (χ1n) is 7.47. The lowest BCUT2D eigenvalue weighted by Crippen LogP contribution is -2.46. The number of nitrogens with zero attached hydrogens (tertiary/aromatic N) is 1. The number of nitrogens with two attached hydrogens (primary N) is 2. The van der Waals surface area contributed by atoms with Crippen LogP contribution in [0.4, 0.5) is 0 Å². The quantitative estimate of drug-likeness (QED) is 0.859. The van der Waals surface area contributed by atoms with E-state index in [-0.39, 0.29) is 5.91 Å². The molecule has 4 nitrogen and oxygen atoms in total. The third kappa shape index (κ3) is 3.38. The maximum Gasteiger partial charge on any atom is 0.249 e. The van der Waals surface area contributed by atoms with Crippen LogP contribution in [0, 0.1) is 5.92 Å². The van der Waals surface area contributed by atoms with Crippen LogP contribution in [0.5, 0.6) is 0 Å². The zero-order chi connectivity index (χ0) is 14.5. The van der Waals surface area contributed by atoms with E-state index in [1.54, 1.807) is 6.07 Å². The number of carbonyl (C=O) groups is 1. The number of amides is 1. The monoisotopic (exact) mass is 275 g/mol. The Bertz CT molecular complexity index is 461. The highest BCUT2D eigenvalue weighted by molar-refractivity contribution is 5.94. The summed E-state index contributed by atoms with van der Waals surface area (Å²) in [5.41, 5.74) is 13.0. The van der Waals surface area contributed by atoms with Gasteiger partial charge in [-0.1, -0.05) is 31.5 Å². The highest BCUT2D eigenvalue weighted by Gasteiger charge is 2.27. The van der Waals surface area contributed by atoms with Crippen molar-refractivity contribution >= 4 is 5.91 Å². The molecule has 0 bridgehead atoms. The molecule has 1 aliphatic heterocycles. The van der Waals surface area contributed by atoms with Crippen LogP contribution >= 0.6 is 0 Å². The molecule has 0 spiro atoms. The number of piperidine rings is 1. The third-order valence-electron chi connectivity index (χ3n) is 4.45. The minimum Gasteiger partial charge on any atom is -0.366 e. The van der Waals surface area contributed by atoms with Crippen molar-refractivity contribution < 1.29 is 4.79 Å². The molecule has 1 aliphatic rings. The smallest absolute Gasteiger partial charge is 0.249 e. The second-order valence-corrected chi connectivity index (χ2v) is 5.68. The van der Waals surface area contributed by atoms with E-state index >= 15 is 0 Å². The number of rotatable bonds is 5. The van der Waals surface area contributed by atoms with E-state index in [4.69, 9.17) is 11.5 Å². The Morgan fingerprint density at radius 2 is 2.15 bits per heavy atom. The van der Waals surface area contributed by atoms with Crippen LogP contribution in [0.25, 0.3) is 0 Å². The summed E-state index contributed by atoms with van der Waals surface area (Å²) in [4.78, 5) is 13.9. The molecule has 2 unspecified atom stereocenters. The van der Waals surface area contributed by atoms with E-state index in [9.17, 15) is 4.79 Å². The van der Waals surface area contributed by atoms with Crippen molar-refractivity contribution in [3.63, 3.8) is 0 Å². The Morgan fingerprint density at radius 3 is 2.80 bits per heavy atom. The molecule has 0 aromatic heterocycles. The minimum absolute atomic E-state index is 0.353. The number of hydrogen-bond donors (Lipinski definition) is 2. The second-order valence-electron chi connectivity index (χ2n) is 5.68. The van der Waals surface area contributed by atoms with Crippen LogP contribution in [0.15, 0.2) is 24.3 Å². The second kappa shape index (κ2) is 6.86. The van der Waals surface area contributed by atoms with Crippen molar-refractivity contribution in [3.05, 3.63) is 35.4 Å². The Labute approximate surface area is 121 Å². The van der Waals surface area contributed by atoms with Gasteiger partial charge in [0.05, 0.1) is 0 Å². The van der Waals surface area contributed by atoms with Gasteiger partial charge in [0.25, 0.3) is 0 Å². The van der Waals surface area contributed by atoms with Crippen molar-refractivity contribution in [2.75, 3.05) is 13.1 Å². The van der Waals surface area contributed by atoms with Crippen molar-refractivity contribution in [3.8, 4) is 0 Å². The summed E-state index contributed by atoms with van der Waals surface area (Å²) in [5, 5.41) is 0. The van der Waals surface area contributed by atoms with Gasteiger partial charge in [0.2, 0.25) is 5.91 Å². The first kappa shape index (κ1) is 15.0. The fourth-order valence-corrected chi connectivity index (χ4v) is 3.12. The highest BCUT2D eigenvalue weighted by Crippen LogP contribution is 2.26. The Hall–Kier alpha value is -1.39. The van der Waals surface area contributed by atoms with E-state index < -0.39 is 0 Å². The van der Waals surface area contributed by atoms with Gasteiger partial charge in [-0.05, 0) is 36.9 Å². The first-order valence-corrected chi connectivity index (χ1v) is 7.47. The third-order valence-corrected chi connectivity index (χ3v) is 4.45. The van der Waals surface area contributed by atoms with E-state index in [0.29, 0.717) is 18.2 Å². The molecule has 20 heavy (non-hydrogen) atoms. The molecule has 0 aliphatic carbocycles. The van der Waals surface area contributed by atoms with Gasteiger partial charge in [-0.3, -0.25) is 9.69 Å². The molecule has 1 aromatic carbocycles. The predicted molar refractivity (Wildman–Crippen MR) is 81.2 cm³/mol. The summed E-state index contributed by atoms with van der Waals surface area (Å²) in [6.07, 6.45) is 3.60. The molecule has 1 amide bonds. The molecular formula is C16H25N3O. The normalized spacial score (nSPS) is 23.7. The van der Waals surface area contributed by atoms with E-state index in [1.165, 1.54) is 12.8 Å². The molecule has 2 rings (SSSR count). The molecule has 4 heteroatoms. The van der Waals surface area contributed by atoms with Crippen LogP contribution in [0.2, 0.25) is 0 Å². The van der Waals surface area contributed by atoms with E-state index in [1.807, 2.05) is 18.2 Å². The standard InChI is InChI=1S/C16H25N3O/c1-2-12-7-8-19(14(9-12)10-17)11-13-5-3-4-6-15(13)16(18)20/h3-6,12,14H,2,7-11,17H2,1H3,(H2,18,20). The maximum atomic E-state index is 11.5. The zero-order valence-electron chi connectivity index (χ0n) is 12.2. The Balaban J connectivity index is 2.11. The maximum absolute atomic E-state index is 11.5. The molecule has 0 saturated carbocycles. The molecule has 110 valence electrons. The molecule has 2 atom stereocenters. The van der Waals surface area contributed by atoms with Crippen LogP contribution in [0.1, 0.15) is 42.1 Å². The lowest BCUT2D eigenvalue weighted by atomic mass is 9.88. The Kier molecular flexibility index (Phi) is 5.15. The SMILES string of the molecule is CCC1CCN(Cc2ccccc2C(N)=O)C(CN)C1. The molecular weight excluding hydrogens is 250 g/mol. The van der Waals surface area contributed by atoms with Gasteiger partial charge in [0, 0.05) is 24.7 Å². The minimum atomic E-state index is -0.353. The van der Waals surface area contributed by atoms with Gasteiger partial charge >= 0.3 is 0 Å². The van der Waals surface area contributed by atoms with Crippen LogP contribution in [-0.4, -0.2) is 29.9 Å². The van der Waals surface area contributed by atoms with Crippen molar-refractivity contribution in [1.82, 2.24) is 4.90 Å². The fourth-order valence-electron chi connectivity index (χ4n) is 3.12. The molecule has 1 aromatic rings. The number of likely N-dealkylation sites (tertiary alicyclic amines) is 1. The summed E-state index contributed by atoms with van der Waals surface area (Å²) in [5.74, 6) is 0.430. The fraction of sp³-hybridized carbons (Fsp3) is 0.562. The molecule has 1 saturated heterocycles. The summed E-state index contributed by atoms with van der Waals surface area (Å²) < 4.78 is 0. The summed E-state index contributed by atoms with van der Waals surface area (Å²) in [6, 6.07) is 8.01. The Morgan fingerprint density at radius 1 is 1.40 bits per heavy atom. The van der Waals surface area contributed by atoms with Gasteiger partial charge in [-0.15, -0.1) is 0 Å². The number of hydrogen-bond acceptors (Lipinski definition) is 3. The topological polar surface area (TPSA) is 72.3 Å². The number of benzene rings is 1. The zero-order valence-corrected chi connectivity index (χ0v) is 12.2. The van der Waals surface area contributed by atoms with E-state index in [2.05, 4.69) is 11.8 Å². The molecule has 1 heterocycles. The summed E-state index contributed by atoms with van der Waals surface area (Å²) in [6.45, 7) is 4.73. The largest absolute Gasteiger partial charge is 0.366 e. The van der Waals surface area contributed by atoms with Crippen LogP contribution < -0.4 is 11.5 Å². The van der Waals surface area contributed by atoms with Crippen molar-refractivity contribution in [2.45, 2.75) is 38.8 Å². The van der Waals surface area contributed by atoms with Gasteiger partial charge in [-0.25, -0.2) is 0 Å². The van der Waals surface area contributed by atoms with Gasteiger partial charge in [-0.2, -0.15) is 0 Å². The average Bonchev–Trinajstić information content (AvgIpc) is 2.48.